The van der Waals surface area contributed by atoms with E-state index in [1.165, 1.54) is 0 Å². The minimum Gasteiger partial charge on any atom is -0.411 e. The van der Waals surface area contributed by atoms with Gasteiger partial charge in [-0.2, -0.15) is 0 Å². The van der Waals surface area contributed by atoms with Crippen LogP contribution in [0.15, 0.2) is 23.5 Å². The van der Waals surface area contributed by atoms with E-state index in [9.17, 15) is 4.79 Å². The van der Waals surface area contributed by atoms with Crippen LogP contribution in [0.1, 0.15) is 19.4 Å². The van der Waals surface area contributed by atoms with Crippen molar-refractivity contribution in [2.24, 2.45) is 10.6 Å². The Bertz CT molecular complexity index is 452. The number of pyridine rings is 1. The van der Waals surface area contributed by atoms with Gasteiger partial charge in [0, 0.05) is 11.8 Å². The number of anilines is 1. The lowest BCUT2D eigenvalue weighted by Crippen LogP contribution is -2.43. The van der Waals surface area contributed by atoms with E-state index >= 15 is 0 Å². The molecular formula is C10H11N3O2. The van der Waals surface area contributed by atoms with Gasteiger partial charge in [-0.3, -0.25) is 4.79 Å². The third-order valence-corrected chi connectivity index (χ3v) is 2.55. The summed E-state index contributed by atoms with van der Waals surface area (Å²) >= 11 is 0. The van der Waals surface area contributed by atoms with E-state index in [4.69, 9.17) is 5.21 Å². The first-order valence-corrected chi connectivity index (χ1v) is 4.56. The van der Waals surface area contributed by atoms with Gasteiger partial charge in [0.2, 0.25) is 5.91 Å². The van der Waals surface area contributed by atoms with Crippen LogP contribution < -0.4 is 5.32 Å². The molecule has 0 spiro atoms. The van der Waals surface area contributed by atoms with E-state index in [2.05, 4.69) is 15.5 Å². The molecule has 2 rings (SSSR count). The van der Waals surface area contributed by atoms with Gasteiger partial charge in [-0.25, -0.2) is 4.98 Å². The molecule has 0 unspecified atom stereocenters. The summed E-state index contributed by atoms with van der Waals surface area (Å²) in [6, 6.07) is 3.50. The van der Waals surface area contributed by atoms with Crippen LogP contribution in [0, 0.1) is 5.41 Å². The molecule has 2 heterocycles. The first-order valence-electron chi connectivity index (χ1n) is 4.56. The smallest absolute Gasteiger partial charge is 0.237 e. The number of amides is 1. The van der Waals surface area contributed by atoms with E-state index in [0.29, 0.717) is 17.1 Å². The summed E-state index contributed by atoms with van der Waals surface area (Å²) in [5, 5.41) is 14.9. The zero-order valence-electron chi connectivity index (χ0n) is 8.48. The third-order valence-electron chi connectivity index (χ3n) is 2.55. The average molecular weight is 205 g/mol. The van der Waals surface area contributed by atoms with Crippen LogP contribution in [0.4, 0.5) is 5.82 Å². The van der Waals surface area contributed by atoms with Crippen LogP contribution in [0.5, 0.6) is 0 Å². The first-order chi connectivity index (χ1) is 7.07. The van der Waals surface area contributed by atoms with Gasteiger partial charge in [-0.1, -0.05) is 5.16 Å². The zero-order chi connectivity index (χ0) is 11.1. The molecule has 2 N–H and O–H groups in total. The van der Waals surface area contributed by atoms with E-state index in [1.54, 1.807) is 32.2 Å². The fraction of sp³-hybridized carbons (Fsp3) is 0.300. The number of carbonyl (C=O) groups excluding carboxylic acids is 1. The van der Waals surface area contributed by atoms with Crippen LogP contribution in [0.25, 0.3) is 0 Å². The molecule has 15 heavy (non-hydrogen) atoms. The molecule has 0 bridgehead atoms. The van der Waals surface area contributed by atoms with Gasteiger partial charge in [0.05, 0.1) is 5.41 Å². The number of hydrogen-bond acceptors (Lipinski definition) is 4. The van der Waals surface area contributed by atoms with Gasteiger partial charge in [0.25, 0.3) is 0 Å². The SMILES string of the molecule is CC1(C)C(=O)Nc2ncccc2C1=NO. The predicted molar refractivity (Wildman–Crippen MR) is 55.0 cm³/mol. The number of aromatic nitrogens is 1. The number of hydrogen-bond donors (Lipinski definition) is 2. The highest BCUT2D eigenvalue weighted by atomic mass is 16.4. The minimum atomic E-state index is -0.842. The van der Waals surface area contributed by atoms with Crippen LogP contribution >= 0.6 is 0 Å². The van der Waals surface area contributed by atoms with Gasteiger partial charge in [0.15, 0.2) is 0 Å². The minimum absolute atomic E-state index is 0.221. The van der Waals surface area contributed by atoms with Crippen molar-refractivity contribution in [2.75, 3.05) is 5.32 Å². The lowest BCUT2D eigenvalue weighted by atomic mass is 9.80. The molecule has 0 fully saturated rings. The highest BCUT2D eigenvalue weighted by Gasteiger charge is 2.40. The van der Waals surface area contributed by atoms with Crippen molar-refractivity contribution in [2.45, 2.75) is 13.8 Å². The zero-order valence-corrected chi connectivity index (χ0v) is 8.48. The van der Waals surface area contributed by atoms with E-state index in [-0.39, 0.29) is 5.91 Å². The molecule has 78 valence electrons. The summed E-state index contributed by atoms with van der Waals surface area (Å²) < 4.78 is 0. The Morgan fingerprint density at radius 2 is 2.27 bits per heavy atom. The highest BCUT2D eigenvalue weighted by molar-refractivity contribution is 6.24. The van der Waals surface area contributed by atoms with Crippen molar-refractivity contribution in [1.29, 1.82) is 0 Å². The molecule has 0 saturated carbocycles. The van der Waals surface area contributed by atoms with Crippen LogP contribution in [0.3, 0.4) is 0 Å². The number of nitrogens with zero attached hydrogens (tertiary/aromatic N) is 2. The Balaban J connectivity index is 2.66. The Morgan fingerprint density at radius 1 is 1.53 bits per heavy atom. The van der Waals surface area contributed by atoms with Crippen molar-refractivity contribution in [3.05, 3.63) is 23.9 Å². The summed E-state index contributed by atoms with van der Waals surface area (Å²) in [5.74, 6) is 0.219. The maximum Gasteiger partial charge on any atom is 0.237 e. The van der Waals surface area contributed by atoms with E-state index < -0.39 is 5.41 Å². The summed E-state index contributed by atoms with van der Waals surface area (Å²) in [4.78, 5) is 15.7. The maximum atomic E-state index is 11.7. The number of carbonyl (C=O) groups is 1. The van der Waals surface area contributed by atoms with Gasteiger partial charge in [-0.05, 0) is 26.0 Å². The van der Waals surface area contributed by atoms with Crippen LogP contribution in [-0.4, -0.2) is 21.8 Å². The highest BCUT2D eigenvalue weighted by Crippen LogP contribution is 2.32. The van der Waals surface area contributed by atoms with Crippen molar-refractivity contribution < 1.29 is 10.0 Å². The van der Waals surface area contributed by atoms with Gasteiger partial charge >= 0.3 is 0 Å². The topological polar surface area (TPSA) is 74.6 Å². The normalized spacial score (nSPS) is 20.9. The molecule has 1 aromatic rings. The quantitative estimate of drug-likeness (QED) is 0.494. The molecule has 0 atom stereocenters. The van der Waals surface area contributed by atoms with Crippen molar-refractivity contribution in [1.82, 2.24) is 4.98 Å². The molecule has 0 radical (unpaired) electrons. The number of nitrogens with one attached hydrogen (secondary N) is 1. The van der Waals surface area contributed by atoms with Crippen LogP contribution in [-0.2, 0) is 4.79 Å². The standard InChI is InChI=1S/C10H11N3O2/c1-10(2)7(13-15)6-4-3-5-11-8(6)12-9(10)14/h3-5,15H,1-2H3,(H,11,12,14). The first kappa shape index (κ1) is 9.64. The molecule has 1 amide bonds. The van der Waals surface area contributed by atoms with Crippen molar-refractivity contribution >= 4 is 17.4 Å². The summed E-state index contributed by atoms with van der Waals surface area (Å²) in [5.41, 5.74) is 0.157. The molecular weight excluding hydrogens is 194 g/mol. The monoisotopic (exact) mass is 205 g/mol. The number of fused-ring (bicyclic) bond motifs is 1. The third kappa shape index (κ3) is 1.27. The Morgan fingerprint density at radius 3 is 2.93 bits per heavy atom. The van der Waals surface area contributed by atoms with Crippen LogP contribution in [0.2, 0.25) is 0 Å². The van der Waals surface area contributed by atoms with Crippen molar-refractivity contribution in [3.63, 3.8) is 0 Å². The lowest BCUT2D eigenvalue weighted by Gasteiger charge is -2.30. The second-order valence-electron chi connectivity index (χ2n) is 3.93. The summed E-state index contributed by atoms with van der Waals surface area (Å²) in [7, 11) is 0. The van der Waals surface area contributed by atoms with Gasteiger partial charge in [-0.15, -0.1) is 0 Å². The summed E-state index contributed by atoms with van der Waals surface area (Å²) in [6.45, 7) is 3.40. The van der Waals surface area contributed by atoms with E-state index in [0.717, 1.165) is 0 Å². The molecule has 5 nitrogen and oxygen atoms in total. The molecule has 0 saturated heterocycles. The van der Waals surface area contributed by atoms with Gasteiger partial charge < -0.3 is 10.5 Å². The average Bonchev–Trinajstić information content (AvgIpc) is 2.20. The molecule has 1 aromatic heterocycles. The van der Waals surface area contributed by atoms with E-state index in [1.807, 2.05) is 0 Å². The second kappa shape index (κ2) is 3.05. The van der Waals surface area contributed by atoms with Crippen molar-refractivity contribution in [3.8, 4) is 0 Å². The molecule has 5 heteroatoms. The van der Waals surface area contributed by atoms with Gasteiger partial charge in [0.1, 0.15) is 11.5 Å². The maximum absolute atomic E-state index is 11.7. The molecule has 1 aliphatic heterocycles. The summed E-state index contributed by atoms with van der Waals surface area (Å²) in [6.07, 6.45) is 1.58. The Labute approximate surface area is 86.8 Å². The molecule has 1 aliphatic rings. The molecule has 0 aromatic carbocycles. The lowest BCUT2D eigenvalue weighted by molar-refractivity contribution is -0.121. The fourth-order valence-electron chi connectivity index (χ4n) is 1.58. The number of rotatable bonds is 0. The Kier molecular flexibility index (Phi) is 1.96. The Hall–Kier alpha value is -1.91. The molecule has 0 aliphatic carbocycles. The predicted octanol–water partition coefficient (Wildman–Crippen LogP) is 1.24. The largest absolute Gasteiger partial charge is 0.411 e. The fourth-order valence-corrected chi connectivity index (χ4v) is 1.58. The number of oxime groups is 1. The second-order valence-corrected chi connectivity index (χ2v) is 3.93.